The van der Waals surface area contributed by atoms with E-state index in [0.29, 0.717) is 11.5 Å². The second kappa shape index (κ2) is 6.39. The van der Waals surface area contributed by atoms with E-state index in [0.717, 1.165) is 0 Å². The van der Waals surface area contributed by atoms with Crippen LogP contribution in [0, 0.1) is 0 Å². The van der Waals surface area contributed by atoms with Gasteiger partial charge in [0.25, 0.3) is 5.91 Å². The van der Waals surface area contributed by atoms with Crippen LogP contribution in [0.25, 0.3) is 0 Å². The Morgan fingerprint density at radius 3 is 2.31 bits per heavy atom. The summed E-state index contributed by atoms with van der Waals surface area (Å²) in [7, 11) is 2.88. The zero-order valence-corrected chi connectivity index (χ0v) is 15.6. The second-order valence-corrected chi connectivity index (χ2v) is 8.36. The molecule has 2 heterocycles. The van der Waals surface area contributed by atoms with Gasteiger partial charge in [-0.1, -0.05) is 6.07 Å². The van der Waals surface area contributed by atoms with Crippen LogP contribution in [0.2, 0.25) is 0 Å². The highest BCUT2D eigenvalue weighted by Gasteiger charge is 2.64. The van der Waals surface area contributed by atoms with Crippen molar-refractivity contribution in [3.8, 4) is 11.5 Å². The van der Waals surface area contributed by atoms with Crippen LogP contribution in [-0.2, 0) is 9.59 Å². The first kappa shape index (κ1) is 18.4. The molecule has 0 aromatic heterocycles. The van der Waals surface area contributed by atoms with E-state index in [2.05, 4.69) is 5.32 Å². The van der Waals surface area contributed by atoms with Gasteiger partial charge in [-0.05, 0) is 26.0 Å². The van der Waals surface area contributed by atoms with Crippen LogP contribution in [0.15, 0.2) is 18.2 Å². The van der Waals surface area contributed by atoms with Gasteiger partial charge >= 0.3 is 5.97 Å². The number of carbonyl (C=O) groups is 3. The number of benzene rings is 1. The third-order valence-corrected chi connectivity index (χ3v) is 6.19. The molecular weight excluding hydrogens is 360 g/mol. The number of rotatable bonds is 5. The number of nitrogens with zero attached hydrogens (tertiary/aromatic N) is 1. The molecule has 0 saturated carbocycles. The molecule has 8 nitrogen and oxygen atoms in total. The molecule has 2 aliphatic heterocycles. The van der Waals surface area contributed by atoms with Crippen molar-refractivity contribution < 1.29 is 29.0 Å². The Morgan fingerprint density at radius 2 is 1.81 bits per heavy atom. The molecule has 0 bridgehead atoms. The predicted octanol–water partition coefficient (Wildman–Crippen LogP) is 0.949. The summed E-state index contributed by atoms with van der Waals surface area (Å²) in [5.74, 6) is -1.30. The fraction of sp³-hybridized carbons (Fsp3) is 0.471. The smallest absolute Gasteiger partial charge is 0.327 e. The van der Waals surface area contributed by atoms with Crippen LogP contribution < -0.4 is 14.8 Å². The molecule has 1 aromatic rings. The molecule has 140 valence electrons. The first-order valence-corrected chi connectivity index (χ1v) is 8.85. The van der Waals surface area contributed by atoms with Gasteiger partial charge in [0.15, 0.2) is 0 Å². The lowest BCUT2D eigenvalue weighted by molar-refractivity contribution is -0.159. The van der Waals surface area contributed by atoms with E-state index in [4.69, 9.17) is 9.47 Å². The van der Waals surface area contributed by atoms with E-state index in [-0.39, 0.29) is 5.56 Å². The molecule has 1 aromatic carbocycles. The van der Waals surface area contributed by atoms with Gasteiger partial charge in [-0.2, -0.15) is 0 Å². The van der Waals surface area contributed by atoms with E-state index >= 15 is 0 Å². The molecule has 0 spiro atoms. The summed E-state index contributed by atoms with van der Waals surface area (Å²) in [5.41, 5.74) is 0.195. The Hall–Kier alpha value is -2.42. The Kier molecular flexibility index (Phi) is 4.51. The molecule has 9 heteroatoms. The van der Waals surface area contributed by atoms with Crippen molar-refractivity contribution in [2.45, 2.75) is 36.1 Å². The molecule has 2 saturated heterocycles. The van der Waals surface area contributed by atoms with E-state index in [1.54, 1.807) is 32.0 Å². The van der Waals surface area contributed by atoms with E-state index in [1.807, 2.05) is 0 Å². The lowest BCUT2D eigenvalue weighted by Crippen LogP contribution is -2.70. The first-order chi connectivity index (χ1) is 12.2. The number of methoxy groups -OCH3 is 2. The molecular formula is C17H20N2O6S. The summed E-state index contributed by atoms with van der Waals surface area (Å²) in [6.45, 7) is 3.56. The number of carboxylic acid groups (broad SMARTS) is 1. The number of β-lactam (4-membered cyclic amide) rings is 1. The van der Waals surface area contributed by atoms with Crippen LogP contribution in [0.1, 0.15) is 24.2 Å². The Balaban J connectivity index is 1.83. The quantitative estimate of drug-likeness (QED) is 0.733. The molecule has 3 rings (SSSR count). The average molecular weight is 380 g/mol. The van der Waals surface area contributed by atoms with Gasteiger partial charge in [-0.3, -0.25) is 9.59 Å². The zero-order valence-electron chi connectivity index (χ0n) is 14.8. The molecule has 2 amide bonds. The highest BCUT2D eigenvalue weighted by atomic mass is 32.2. The lowest BCUT2D eigenvalue weighted by Gasteiger charge is -2.43. The van der Waals surface area contributed by atoms with Gasteiger partial charge in [0, 0.05) is 4.75 Å². The Labute approximate surface area is 154 Å². The Bertz CT molecular complexity index is 758. The van der Waals surface area contributed by atoms with Gasteiger partial charge < -0.3 is 24.8 Å². The fourth-order valence-electron chi connectivity index (χ4n) is 3.43. The fourth-order valence-corrected chi connectivity index (χ4v) is 5.06. The third-order valence-electron chi connectivity index (χ3n) is 4.62. The minimum atomic E-state index is -1.05. The summed E-state index contributed by atoms with van der Waals surface area (Å²) in [4.78, 5) is 38.1. The van der Waals surface area contributed by atoms with Crippen LogP contribution in [0.3, 0.4) is 0 Å². The standard InChI is InChI=1S/C17H20N2O6S/c1-17(2)12(16(22)23)19-14(21)11(15(19)26-17)18-13(20)10-8(24-3)6-5-7-9(10)25-4/h5-7,11-12,15H,1-4H3,(H,18,20)(H,22,23)/t11-,12?,15?/m1/s1. The Morgan fingerprint density at radius 1 is 1.23 bits per heavy atom. The topological polar surface area (TPSA) is 105 Å². The maximum absolute atomic E-state index is 12.8. The number of hydrogen-bond donors (Lipinski definition) is 2. The molecule has 2 N–H and O–H groups in total. The van der Waals surface area contributed by atoms with Crippen LogP contribution in [0.5, 0.6) is 11.5 Å². The van der Waals surface area contributed by atoms with Crippen molar-refractivity contribution in [1.82, 2.24) is 10.2 Å². The number of ether oxygens (including phenoxy) is 2. The minimum absolute atomic E-state index is 0.195. The third kappa shape index (κ3) is 2.66. The maximum atomic E-state index is 12.8. The normalized spacial score (nSPS) is 25.9. The number of amides is 2. The van der Waals surface area contributed by atoms with Gasteiger partial charge in [0.2, 0.25) is 5.91 Å². The molecule has 0 radical (unpaired) electrons. The molecule has 3 atom stereocenters. The second-order valence-electron chi connectivity index (χ2n) is 6.59. The first-order valence-electron chi connectivity index (χ1n) is 7.97. The van der Waals surface area contributed by atoms with E-state index in [1.165, 1.54) is 30.9 Å². The van der Waals surface area contributed by atoms with Gasteiger partial charge in [-0.15, -0.1) is 11.8 Å². The van der Waals surface area contributed by atoms with Crippen molar-refractivity contribution in [3.63, 3.8) is 0 Å². The van der Waals surface area contributed by atoms with Gasteiger partial charge in [0.05, 0.1) is 14.2 Å². The van der Waals surface area contributed by atoms with E-state index in [9.17, 15) is 19.5 Å². The summed E-state index contributed by atoms with van der Waals surface area (Å²) in [6.07, 6.45) is 0. The van der Waals surface area contributed by atoms with Crippen molar-refractivity contribution >= 4 is 29.5 Å². The number of thioether (sulfide) groups is 1. The number of carbonyl (C=O) groups excluding carboxylic acids is 2. The SMILES string of the molecule is COc1cccc(OC)c1C(=O)N[C@@H]1C(=O)N2C1SC(C)(C)C2C(=O)O. The summed E-state index contributed by atoms with van der Waals surface area (Å²) in [5, 5.41) is 11.7. The van der Waals surface area contributed by atoms with Crippen LogP contribution >= 0.6 is 11.8 Å². The maximum Gasteiger partial charge on any atom is 0.327 e. The van der Waals surface area contributed by atoms with Crippen molar-refractivity contribution in [2.24, 2.45) is 0 Å². The number of carboxylic acids is 1. The van der Waals surface area contributed by atoms with Crippen LogP contribution in [0.4, 0.5) is 0 Å². The lowest BCUT2D eigenvalue weighted by atomic mass is 9.96. The number of aliphatic carboxylic acids is 1. The van der Waals surface area contributed by atoms with Gasteiger partial charge in [0.1, 0.15) is 34.5 Å². The minimum Gasteiger partial charge on any atom is -0.496 e. The predicted molar refractivity (Wildman–Crippen MR) is 94.5 cm³/mol. The molecule has 26 heavy (non-hydrogen) atoms. The number of nitrogens with one attached hydrogen (secondary N) is 1. The van der Waals surface area contributed by atoms with Crippen LogP contribution in [-0.4, -0.2) is 64.2 Å². The zero-order chi connectivity index (χ0) is 19.2. The summed E-state index contributed by atoms with van der Waals surface area (Å²) in [6, 6.07) is 3.24. The highest BCUT2D eigenvalue weighted by Crippen LogP contribution is 2.50. The highest BCUT2D eigenvalue weighted by molar-refractivity contribution is 8.01. The average Bonchev–Trinajstić information content (AvgIpc) is 2.86. The van der Waals surface area contributed by atoms with E-state index < -0.39 is 40.0 Å². The largest absolute Gasteiger partial charge is 0.496 e. The van der Waals surface area contributed by atoms with Crippen molar-refractivity contribution in [2.75, 3.05) is 14.2 Å². The molecule has 2 aliphatic rings. The molecule has 2 fully saturated rings. The van der Waals surface area contributed by atoms with Crippen molar-refractivity contribution in [1.29, 1.82) is 0 Å². The molecule has 2 unspecified atom stereocenters. The molecule has 0 aliphatic carbocycles. The van der Waals surface area contributed by atoms with Gasteiger partial charge in [-0.25, -0.2) is 4.79 Å². The van der Waals surface area contributed by atoms with Crippen molar-refractivity contribution in [3.05, 3.63) is 23.8 Å². The number of hydrogen-bond acceptors (Lipinski definition) is 6. The number of fused-ring (bicyclic) bond motifs is 1. The summed E-state index contributed by atoms with van der Waals surface area (Å²) < 4.78 is 9.79. The monoisotopic (exact) mass is 380 g/mol. The summed E-state index contributed by atoms with van der Waals surface area (Å²) >= 11 is 1.37.